The molecule has 0 saturated heterocycles. The predicted molar refractivity (Wildman–Crippen MR) is 127 cm³/mol. The molecule has 0 spiro atoms. The lowest BCUT2D eigenvalue weighted by Crippen LogP contribution is -2.60. The summed E-state index contributed by atoms with van der Waals surface area (Å²) in [5.74, 6) is -5.55. The lowest BCUT2D eigenvalue weighted by molar-refractivity contribution is -0.143. The van der Waals surface area contributed by atoms with Crippen molar-refractivity contribution in [2.75, 3.05) is 6.54 Å². The number of nitrogens with one attached hydrogen (secondary N) is 4. The molecule has 0 aromatic carbocycles. The molecule has 0 heterocycles. The minimum Gasteiger partial charge on any atom is -0.480 e. The molecule has 0 unspecified atom stereocenters. The average molecular weight is 501 g/mol. The van der Waals surface area contributed by atoms with E-state index in [-0.39, 0.29) is 6.42 Å². The second-order valence-corrected chi connectivity index (χ2v) is 9.07. The minimum atomic E-state index is -1.27. The minimum absolute atomic E-state index is 0.187. The van der Waals surface area contributed by atoms with Crippen LogP contribution in [0.2, 0.25) is 0 Å². The number of primary amides is 1. The Kier molecular flexibility index (Phi) is 14.2. The molecule has 5 amide bonds. The lowest BCUT2D eigenvalue weighted by Gasteiger charge is -2.29. The zero-order valence-electron chi connectivity index (χ0n) is 21.1. The largest absolute Gasteiger partial charge is 0.480 e. The quantitative estimate of drug-likeness (QED) is 0.121. The maximum absolute atomic E-state index is 13.0. The van der Waals surface area contributed by atoms with E-state index in [0.29, 0.717) is 19.4 Å². The predicted octanol–water partition coefficient (Wildman–Crippen LogP) is -1.65. The Balaban J connectivity index is 5.50. The molecule has 0 radical (unpaired) electrons. The summed E-state index contributed by atoms with van der Waals surface area (Å²) in [7, 11) is 0. The van der Waals surface area contributed by atoms with E-state index in [9.17, 15) is 33.9 Å². The summed E-state index contributed by atoms with van der Waals surface area (Å²) in [6, 6.07) is -4.60. The third kappa shape index (κ3) is 12.2. The summed E-state index contributed by atoms with van der Waals surface area (Å²) in [6.07, 6.45) is 0.839. The number of carbonyl (C=O) groups is 6. The number of hydrogen-bond acceptors (Lipinski definition) is 7. The summed E-state index contributed by atoms with van der Waals surface area (Å²) < 4.78 is 0. The van der Waals surface area contributed by atoms with Gasteiger partial charge in [0, 0.05) is 6.92 Å². The molecule has 200 valence electrons. The standard InChI is InChI=1S/C22H40N6O7/c1-11(2)17(20(32)26-14(22(34)35)8-6-7-9-23)28-21(33)18(12(3)4)27-19(31)15(10-16(24)30)25-13(5)29/h11-12,14-15,17-18H,6-10,23H2,1-5H3,(H2,24,30)(H,25,29)(H,26,32)(H,27,31)(H,28,33)(H,34,35)/t14-,15-,17-,18-/m1/s1. The van der Waals surface area contributed by atoms with Gasteiger partial charge in [-0.25, -0.2) is 4.79 Å². The average Bonchev–Trinajstić information content (AvgIpc) is 2.72. The Hall–Kier alpha value is -3.22. The maximum atomic E-state index is 13.0. The van der Waals surface area contributed by atoms with Gasteiger partial charge in [-0.05, 0) is 37.6 Å². The molecule has 35 heavy (non-hydrogen) atoms. The van der Waals surface area contributed by atoms with Crippen molar-refractivity contribution >= 4 is 35.5 Å². The van der Waals surface area contributed by atoms with Crippen LogP contribution in [0.4, 0.5) is 0 Å². The van der Waals surface area contributed by atoms with Crippen LogP contribution < -0.4 is 32.7 Å². The Bertz CT molecular complexity index is 755. The molecule has 9 N–H and O–H groups in total. The van der Waals surface area contributed by atoms with Crippen LogP contribution in [0.5, 0.6) is 0 Å². The molecule has 0 aliphatic heterocycles. The van der Waals surface area contributed by atoms with E-state index in [0.717, 1.165) is 0 Å². The van der Waals surface area contributed by atoms with Crippen molar-refractivity contribution in [1.82, 2.24) is 21.3 Å². The highest BCUT2D eigenvalue weighted by atomic mass is 16.4. The van der Waals surface area contributed by atoms with E-state index < -0.39 is 77.9 Å². The van der Waals surface area contributed by atoms with Crippen molar-refractivity contribution in [1.29, 1.82) is 0 Å². The summed E-state index contributed by atoms with van der Waals surface area (Å²) >= 11 is 0. The van der Waals surface area contributed by atoms with Gasteiger partial charge in [0.05, 0.1) is 6.42 Å². The highest BCUT2D eigenvalue weighted by Crippen LogP contribution is 2.09. The van der Waals surface area contributed by atoms with Gasteiger partial charge < -0.3 is 37.8 Å². The van der Waals surface area contributed by atoms with Gasteiger partial charge in [0.2, 0.25) is 29.5 Å². The summed E-state index contributed by atoms with van der Waals surface area (Å²) in [6.45, 7) is 8.24. The van der Waals surface area contributed by atoms with E-state index in [1.165, 1.54) is 6.92 Å². The van der Waals surface area contributed by atoms with E-state index in [4.69, 9.17) is 11.5 Å². The molecule has 0 aromatic rings. The second-order valence-electron chi connectivity index (χ2n) is 9.07. The smallest absolute Gasteiger partial charge is 0.326 e. The van der Waals surface area contributed by atoms with Crippen LogP contribution in [-0.2, 0) is 28.8 Å². The third-order valence-electron chi connectivity index (χ3n) is 5.15. The molecule has 0 fully saturated rings. The number of aliphatic carboxylic acids is 1. The fourth-order valence-corrected chi connectivity index (χ4v) is 3.23. The zero-order chi connectivity index (χ0) is 27.3. The van der Waals surface area contributed by atoms with Gasteiger partial charge in [-0.1, -0.05) is 27.7 Å². The Morgan fingerprint density at radius 3 is 1.63 bits per heavy atom. The topological polar surface area (TPSA) is 223 Å². The zero-order valence-corrected chi connectivity index (χ0v) is 21.1. The molecule has 0 bridgehead atoms. The van der Waals surface area contributed by atoms with Gasteiger partial charge in [0.15, 0.2) is 0 Å². The molecular formula is C22H40N6O7. The summed E-state index contributed by atoms with van der Waals surface area (Å²) in [5, 5.41) is 19.3. The first kappa shape index (κ1) is 31.8. The number of unbranched alkanes of at least 4 members (excludes halogenated alkanes) is 1. The Labute approximate surface area is 205 Å². The fourth-order valence-electron chi connectivity index (χ4n) is 3.23. The fraction of sp³-hybridized carbons (Fsp3) is 0.727. The monoisotopic (exact) mass is 500 g/mol. The molecule has 0 aliphatic rings. The van der Waals surface area contributed by atoms with Crippen LogP contribution in [0.25, 0.3) is 0 Å². The number of carbonyl (C=O) groups excluding carboxylic acids is 5. The van der Waals surface area contributed by atoms with Crippen LogP contribution in [0.15, 0.2) is 0 Å². The van der Waals surface area contributed by atoms with E-state index >= 15 is 0 Å². The molecule has 0 aliphatic carbocycles. The van der Waals surface area contributed by atoms with Crippen molar-refractivity contribution in [3.05, 3.63) is 0 Å². The number of nitrogens with two attached hydrogens (primary N) is 2. The first-order valence-electron chi connectivity index (χ1n) is 11.6. The van der Waals surface area contributed by atoms with Gasteiger partial charge >= 0.3 is 5.97 Å². The molecule has 0 saturated carbocycles. The molecule has 0 aromatic heterocycles. The van der Waals surface area contributed by atoms with Crippen LogP contribution in [-0.4, -0.2) is 71.3 Å². The Morgan fingerprint density at radius 1 is 0.743 bits per heavy atom. The first-order valence-corrected chi connectivity index (χ1v) is 11.6. The van der Waals surface area contributed by atoms with Crippen LogP contribution in [0.3, 0.4) is 0 Å². The normalized spacial score (nSPS) is 14.4. The highest BCUT2D eigenvalue weighted by Gasteiger charge is 2.33. The lowest BCUT2D eigenvalue weighted by atomic mass is 9.98. The van der Waals surface area contributed by atoms with Crippen molar-refractivity contribution < 1.29 is 33.9 Å². The molecule has 13 heteroatoms. The number of amides is 5. The number of carboxylic acids is 1. The molecule has 4 atom stereocenters. The molecular weight excluding hydrogens is 460 g/mol. The first-order chi connectivity index (χ1) is 16.2. The van der Waals surface area contributed by atoms with Crippen LogP contribution in [0.1, 0.15) is 60.3 Å². The number of carboxylic acid groups (broad SMARTS) is 1. The van der Waals surface area contributed by atoms with Gasteiger partial charge in [0.1, 0.15) is 24.2 Å². The SMILES string of the molecule is CC(=O)N[C@H](CC(N)=O)C(=O)N[C@@H](C(=O)N[C@@H](C(=O)N[C@H](CCCCN)C(=O)O)C(C)C)C(C)C. The van der Waals surface area contributed by atoms with Crippen molar-refractivity contribution in [2.24, 2.45) is 23.3 Å². The number of rotatable bonds is 16. The van der Waals surface area contributed by atoms with Gasteiger partial charge in [-0.15, -0.1) is 0 Å². The van der Waals surface area contributed by atoms with Crippen molar-refractivity contribution in [2.45, 2.75) is 84.5 Å². The molecule has 0 rings (SSSR count). The van der Waals surface area contributed by atoms with E-state index in [2.05, 4.69) is 21.3 Å². The van der Waals surface area contributed by atoms with E-state index in [1.54, 1.807) is 27.7 Å². The summed E-state index contributed by atoms with van der Waals surface area (Å²) in [4.78, 5) is 72.7. The number of hydrogen-bond donors (Lipinski definition) is 7. The third-order valence-corrected chi connectivity index (χ3v) is 5.15. The van der Waals surface area contributed by atoms with Gasteiger partial charge in [-0.2, -0.15) is 0 Å². The highest BCUT2D eigenvalue weighted by molar-refractivity contribution is 5.96. The van der Waals surface area contributed by atoms with Crippen LogP contribution in [0, 0.1) is 11.8 Å². The molecule has 13 nitrogen and oxygen atoms in total. The van der Waals surface area contributed by atoms with E-state index in [1.807, 2.05) is 0 Å². The second kappa shape index (κ2) is 15.6. The van der Waals surface area contributed by atoms with Crippen molar-refractivity contribution in [3.8, 4) is 0 Å². The van der Waals surface area contributed by atoms with Gasteiger partial charge in [-0.3, -0.25) is 24.0 Å². The summed E-state index contributed by atoms with van der Waals surface area (Å²) in [5.41, 5.74) is 10.6. The van der Waals surface area contributed by atoms with Crippen molar-refractivity contribution in [3.63, 3.8) is 0 Å². The van der Waals surface area contributed by atoms with Gasteiger partial charge in [0.25, 0.3) is 0 Å². The Morgan fingerprint density at radius 2 is 1.23 bits per heavy atom. The van der Waals surface area contributed by atoms with Crippen LogP contribution >= 0.6 is 0 Å². The maximum Gasteiger partial charge on any atom is 0.326 e.